The fourth-order valence-electron chi connectivity index (χ4n) is 4.28. The van der Waals surface area contributed by atoms with Crippen molar-refractivity contribution < 1.29 is 47.5 Å². The molecule has 0 saturated carbocycles. The normalized spacial score (nSPS) is 12.0. The number of rotatable bonds is 20. The summed E-state index contributed by atoms with van der Waals surface area (Å²) in [4.78, 5) is 24.6. The summed E-state index contributed by atoms with van der Waals surface area (Å²) in [6.07, 6.45) is 0. The van der Waals surface area contributed by atoms with Gasteiger partial charge in [-0.15, -0.1) is 0 Å². The molecule has 0 amide bonds. The molecule has 47 heavy (non-hydrogen) atoms. The average Bonchev–Trinajstić information content (AvgIpc) is 3.00. The van der Waals surface area contributed by atoms with Crippen molar-refractivity contribution in [3.8, 4) is 11.5 Å². The van der Waals surface area contributed by atoms with Crippen molar-refractivity contribution in [3.63, 3.8) is 0 Å². The summed E-state index contributed by atoms with van der Waals surface area (Å²) in [7, 11) is 0. The highest BCUT2D eigenvalue weighted by Crippen LogP contribution is 2.39. The van der Waals surface area contributed by atoms with Crippen molar-refractivity contribution >= 4 is 35.1 Å². The second-order valence-corrected chi connectivity index (χ2v) is 11.7. The molecule has 0 N–H and O–H groups in total. The zero-order valence-corrected chi connectivity index (χ0v) is 30.0. The van der Waals surface area contributed by atoms with Crippen LogP contribution in [0.2, 0.25) is 10.0 Å². The third-order valence-corrected chi connectivity index (χ3v) is 7.36. The van der Waals surface area contributed by atoms with Gasteiger partial charge in [0, 0.05) is 16.6 Å². The molecule has 0 radical (unpaired) electrons. The standard InChI is InChI=1S/C35H46Cl2O10/c1-11-42-34(43-12-2,46-31(38)23(5)6)21-40-29-17-15-25(19-27(29)36)33(9,10)26-16-18-30(28(37)20-26)41-22-35(44-13-3,45-14-4)47-32(39)24(7)8/h15-20H,5,7,11-14,21-22H2,1-4,6,8-10H3. The summed E-state index contributed by atoms with van der Waals surface area (Å²) in [5, 5.41) is 0.643. The molecule has 0 saturated heterocycles. The highest BCUT2D eigenvalue weighted by atomic mass is 35.5. The van der Waals surface area contributed by atoms with E-state index in [1.54, 1.807) is 52.0 Å². The van der Waals surface area contributed by atoms with Gasteiger partial charge >= 0.3 is 23.9 Å². The van der Waals surface area contributed by atoms with Gasteiger partial charge in [0.2, 0.25) is 0 Å². The van der Waals surface area contributed by atoms with Gasteiger partial charge in [0.15, 0.2) is 13.2 Å². The molecule has 12 heteroatoms. The summed E-state index contributed by atoms with van der Waals surface area (Å²) in [5.74, 6) is -4.24. The first-order valence-corrected chi connectivity index (χ1v) is 16.0. The number of hydrogen-bond donors (Lipinski definition) is 0. The molecule has 0 aliphatic rings. The van der Waals surface area contributed by atoms with E-state index in [-0.39, 0.29) is 50.8 Å². The lowest BCUT2D eigenvalue weighted by Crippen LogP contribution is -2.46. The smallest absolute Gasteiger partial charge is 0.365 e. The van der Waals surface area contributed by atoms with Gasteiger partial charge in [-0.05, 0) is 76.9 Å². The molecule has 0 atom stereocenters. The first-order valence-electron chi connectivity index (χ1n) is 15.3. The minimum Gasteiger partial charge on any atom is -0.482 e. The van der Waals surface area contributed by atoms with E-state index in [4.69, 9.17) is 61.1 Å². The largest absolute Gasteiger partial charge is 0.482 e. The van der Waals surface area contributed by atoms with E-state index in [0.29, 0.717) is 21.5 Å². The Labute approximate surface area is 287 Å². The van der Waals surface area contributed by atoms with Crippen LogP contribution in [0.25, 0.3) is 0 Å². The fraction of sp³-hybridized carbons (Fsp3) is 0.486. The Kier molecular flexibility index (Phi) is 15.2. The molecule has 0 spiro atoms. The molecule has 0 aliphatic carbocycles. The zero-order chi connectivity index (χ0) is 35.4. The number of hydrogen-bond acceptors (Lipinski definition) is 10. The van der Waals surface area contributed by atoms with Crippen molar-refractivity contribution in [3.05, 3.63) is 81.9 Å². The Hall–Kier alpha value is -3.12. The monoisotopic (exact) mass is 696 g/mol. The lowest BCUT2D eigenvalue weighted by molar-refractivity contribution is -0.368. The first-order chi connectivity index (χ1) is 22.1. The molecule has 0 heterocycles. The van der Waals surface area contributed by atoms with Crippen LogP contribution in [-0.2, 0) is 43.4 Å². The average molecular weight is 698 g/mol. The maximum absolute atomic E-state index is 12.3. The highest BCUT2D eigenvalue weighted by Gasteiger charge is 2.40. The van der Waals surface area contributed by atoms with E-state index in [2.05, 4.69) is 13.2 Å². The van der Waals surface area contributed by atoms with Crippen molar-refractivity contribution in [2.45, 2.75) is 72.8 Å². The lowest BCUT2D eigenvalue weighted by atomic mass is 9.78. The summed E-state index contributed by atoms with van der Waals surface area (Å²) < 4.78 is 45.5. The van der Waals surface area contributed by atoms with Gasteiger partial charge in [0.05, 0.1) is 36.5 Å². The molecule has 0 aliphatic heterocycles. The number of carbonyl (C=O) groups excluding carboxylic acids is 2. The van der Waals surface area contributed by atoms with E-state index in [1.807, 2.05) is 26.0 Å². The Morgan fingerprint density at radius 1 is 0.638 bits per heavy atom. The molecule has 0 bridgehead atoms. The molecular weight excluding hydrogens is 651 g/mol. The van der Waals surface area contributed by atoms with E-state index in [9.17, 15) is 9.59 Å². The van der Waals surface area contributed by atoms with Crippen LogP contribution in [0.4, 0.5) is 0 Å². The van der Waals surface area contributed by atoms with Crippen LogP contribution in [0.15, 0.2) is 60.7 Å². The summed E-state index contributed by atoms with van der Waals surface area (Å²) in [5.41, 5.74) is 1.55. The van der Waals surface area contributed by atoms with E-state index < -0.39 is 29.3 Å². The van der Waals surface area contributed by atoms with Crippen LogP contribution < -0.4 is 9.47 Å². The lowest BCUT2D eigenvalue weighted by Gasteiger charge is -2.32. The second-order valence-electron chi connectivity index (χ2n) is 10.9. The van der Waals surface area contributed by atoms with Crippen molar-refractivity contribution in [2.75, 3.05) is 39.6 Å². The summed E-state index contributed by atoms with van der Waals surface area (Å²) in [6.45, 7) is 21.5. The summed E-state index contributed by atoms with van der Waals surface area (Å²) >= 11 is 13.3. The predicted molar refractivity (Wildman–Crippen MR) is 180 cm³/mol. The summed E-state index contributed by atoms with van der Waals surface area (Å²) in [6, 6.07) is 10.7. The van der Waals surface area contributed by atoms with Gasteiger partial charge in [-0.3, -0.25) is 0 Å². The van der Waals surface area contributed by atoms with Gasteiger partial charge in [-0.1, -0.05) is 62.3 Å². The molecular formula is C35H46Cl2O10. The SMILES string of the molecule is C=C(C)C(=O)OC(COc1ccc(C(C)(C)c2ccc(OCC(OCC)(OCC)OC(=O)C(=C)C)c(Cl)c2)cc1Cl)(OCC)OCC. The third kappa shape index (κ3) is 11.0. The van der Waals surface area contributed by atoms with Crippen LogP contribution >= 0.6 is 23.2 Å². The van der Waals surface area contributed by atoms with Crippen molar-refractivity contribution in [2.24, 2.45) is 0 Å². The number of ether oxygens (including phenoxy) is 8. The molecule has 0 fully saturated rings. The third-order valence-electron chi connectivity index (χ3n) is 6.77. The molecule has 10 nitrogen and oxygen atoms in total. The number of carbonyl (C=O) groups is 2. The van der Waals surface area contributed by atoms with Crippen LogP contribution in [0.1, 0.15) is 66.5 Å². The van der Waals surface area contributed by atoms with E-state index >= 15 is 0 Å². The van der Waals surface area contributed by atoms with E-state index in [0.717, 1.165) is 11.1 Å². The first kappa shape index (κ1) is 40.1. The van der Waals surface area contributed by atoms with Crippen LogP contribution in [0, 0.1) is 0 Å². The van der Waals surface area contributed by atoms with Crippen LogP contribution in [-0.4, -0.2) is 63.5 Å². The maximum atomic E-state index is 12.3. The molecule has 0 unspecified atom stereocenters. The number of benzene rings is 2. The number of halogens is 2. The Morgan fingerprint density at radius 2 is 0.957 bits per heavy atom. The predicted octanol–water partition coefficient (Wildman–Crippen LogP) is 7.77. The zero-order valence-electron chi connectivity index (χ0n) is 28.5. The van der Waals surface area contributed by atoms with Gasteiger partial charge in [-0.25, -0.2) is 9.59 Å². The van der Waals surface area contributed by atoms with Gasteiger partial charge < -0.3 is 37.9 Å². The fourth-order valence-corrected chi connectivity index (χ4v) is 4.75. The Balaban J connectivity index is 2.28. The Bertz CT molecular complexity index is 1290. The topological polar surface area (TPSA) is 108 Å². The molecule has 2 aromatic carbocycles. The van der Waals surface area contributed by atoms with Gasteiger partial charge in [0.1, 0.15) is 11.5 Å². The number of esters is 2. The van der Waals surface area contributed by atoms with E-state index in [1.165, 1.54) is 13.8 Å². The van der Waals surface area contributed by atoms with Gasteiger partial charge in [-0.2, -0.15) is 0 Å². The van der Waals surface area contributed by atoms with Gasteiger partial charge in [0.25, 0.3) is 0 Å². The maximum Gasteiger partial charge on any atom is 0.365 e. The molecule has 260 valence electrons. The highest BCUT2D eigenvalue weighted by molar-refractivity contribution is 6.32. The molecule has 2 aromatic rings. The quantitative estimate of drug-likeness (QED) is 0.0774. The molecule has 0 aromatic heterocycles. The minimum absolute atomic E-state index is 0.186. The van der Waals surface area contributed by atoms with Crippen LogP contribution in [0.3, 0.4) is 0 Å². The Morgan fingerprint density at radius 3 is 1.21 bits per heavy atom. The second kappa shape index (κ2) is 17.9. The molecule has 2 rings (SSSR count). The van der Waals surface area contributed by atoms with Crippen molar-refractivity contribution in [1.82, 2.24) is 0 Å². The van der Waals surface area contributed by atoms with Crippen molar-refractivity contribution in [1.29, 1.82) is 0 Å². The van der Waals surface area contributed by atoms with Crippen LogP contribution in [0.5, 0.6) is 11.5 Å². The minimum atomic E-state index is -1.78.